The minimum absolute atomic E-state index is 0.520. The van der Waals surface area contributed by atoms with Crippen LogP contribution in [0.3, 0.4) is 0 Å². The van der Waals surface area contributed by atoms with Gasteiger partial charge in [0.1, 0.15) is 0 Å². The number of rotatable bonds is 1. The zero-order valence-corrected chi connectivity index (χ0v) is 9.64. The largest absolute Gasteiger partial charge is 0.334 e. The molecule has 0 bridgehead atoms. The summed E-state index contributed by atoms with van der Waals surface area (Å²) in [6.07, 6.45) is 1.77. The van der Waals surface area contributed by atoms with Crippen LogP contribution in [0.2, 0.25) is 0 Å². The predicted molar refractivity (Wildman–Crippen MR) is 64.5 cm³/mol. The third-order valence-electron chi connectivity index (χ3n) is 2.75. The summed E-state index contributed by atoms with van der Waals surface area (Å²) < 4.78 is 5.20. The summed E-state index contributed by atoms with van der Waals surface area (Å²) in [6.45, 7) is 3.86. The molecule has 0 aliphatic carbocycles. The van der Waals surface area contributed by atoms with Gasteiger partial charge in [-0.15, -0.1) is 0 Å². The molecule has 0 atom stereocenters. The van der Waals surface area contributed by atoms with Crippen LogP contribution in [0.25, 0.3) is 22.4 Å². The molecule has 0 aliphatic rings. The fraction of sp³-hybridized carbons (Fsp3) is 0.154. The average molecular weight is 225 g/mol. The van der Waals surface area contributed by atoms with Crippen molar-refractivity contribution >= 4 is 10.9 Å². The topological polar surface area (TPSA) is 51.8 Å². The van der Waals surface area contributed by atoms with Gasteiger partial charge in [0.15, 0.2) is 5.82 Å². The van der Waals surface area contributed by atoms with Gasteiger partial charge in [0.2, 0.25) is 0 Å². The molecule has 3 aromatic rings. The SMILES string of the molecule is Cc1noc(-c2ccc(C)c3cccnc23)n1. The molecule has 4 nitrogen and oxygen atoms in total. The van der Waals surface area contributed by atoms with Crippen molar-refractivity contribution in [2.45, 2.75) is 13.8 Å². The Labute approximate surface area is 98.3 Å². The molecule has 4 heteroatoms. The lowest BCUT2D eigenvalue weighted by Gasteiger charge is -2.04. The van der Waals surface area contributed by atoms with E-state index >= 15 is 0 Å². The van der Waals surface area contributed by atoms with Gasteiger partial charge in [0.05, 0.1) is 11.1 Å². The lowest BCUT2D eigenvalue weighted by molar-refractivity contribution is 0.426. The number of aromatic nitrogens is 3. The van der Waals surface area contributed by atoms with Crippen molar-refractivity contribution in [2.75, 3.05) is 0 Å². The van der Waals surface area contributed by atoms with E-state index in [4.69, 9.17) is 4.52 Å². The van der Waals surface area contributed by atoms with Gasteiger partial charge in [-0.25, -0.2) is 0 Å². The van der Waals surface area contributed by atoms with E-state index in [0.29, 0.717) is 11.7 Å². The maximum absolute atomic E-state index is 5.20. The molecular weight excluding hydrogens is 214 g/mol. The van der Waals surface area contributed by atoms with E-state index in [1.165, 1.54) is 5.56 Å². The van der Waals surface area contributed by atoms with Gasteiger partial charge in [0, 0.05) is 11.6 Å². The summed E-state index contributed by atoms with van der Waals surface area (Å²) in [7, 11) is 0. The number of fused-ring (bicyclic) bond motifs is 1. The first-order valence-corrected chi connectivity index (χ1v) is 5.41. The highest BCUT2D eigenvalue weighted by molar-refractivity contribution is 5.93. The van der Waals surface area contributed by atoms with Crippen molar-refractivity contribution in [1.29, 1.82) is 0 Å². The normalized spacial score (nSPS) is 10.9. The summed E-state index contributed by atoms with van der Waals surface area (Å²) in [4.78, 5) is 8.64. The van der Waals surface area contributed by atoms with E-state index < -0.39 is 0 Å². The Morgan fingerprint density at radius 2 is 2.00 bits per heavy atom. The lowest BCUT2D eigenvalue weighted by atomic mass is 10.1. The van der Waals surface area contributed by atoms with Crippen LogP contribution >= 0.6 is 0 Å². The van der Waals surface area contributed by atoms with Gasteiger partial charge in [-0.1, -0.05) is 17.3 Å². The van der Waals surface area contributed by atoms with Crippen molar-refractivity contribution in [1.82, 2.24) is 15.1 Å². The maximum atomic E-state index is 5.20. The van der Waals surface area contributed by atoms with E-state index in [2.05, 4.69) is 22.0 Å². The zero-order valence-electron chi connectivity index (χ0n) is 9.64. The van der Waals surface area contributed by atoms with Crippen molar-refractivity contribution in [3.63, 3.8) is 0 Å². The lowest BCUT2D eigenvalue weighted by Crippen LogP contribution is -1.87. The summed E-state index contributed by atoms with van der Waals surface area (Å²) in [5.74, 6) is 1.15. The highest BCUT2D eigenvalue weighted by atomic mass is 16.5. The first-order chi connectivity index (χ1) is 8.25. The fourth-order valence-corrected chi connectivity index (χ4v) is 1.89. The van der Waals surface area contributed by atoms with E-state index in [1.807, 2.05) is 24.3 Å². The Bertz CT molecular complexity index is 688. The molecule has 0 saturated carbocycles. The van der Waals surface area contributed by atoms with Gasteiger partial charge < -0.3 is 4.52 Å². The molecule has 17 heavy (non-hydrogen) atoms. The molecule has 2 aromatic heterocycles. The predicted octanol–water partition coefficient (Wildman–Crippen LogP) is 2.90. The van der Waals surface area contributed by atoms with E-state index in [9.17, 15) is 0 Å². The van der Waals surface area contributed by atoms with Gasteiger partial charge in [-0.3, -0.25) is 4.98 Å². The molecular formula is C13H11N3O. The second-order valence-electron chi connectivity index (χ2n) is 3.98. The van der Waals surface area contributed by atoms with Crippen molar-refractivity contribution in [2.24, 2.45) is 0 Å². The Balaban J connectivity index is 2.34. The smallest absolute Gasteiger partial charge is 0.260 e. The molecule has 0 spiro atoms. The summed E-state index contributed by atoms with van der Waals surface area (Å²) >= 11 is 0. The second-order valence-corrected chi connectivity index (χ2v) is 3.98. The molecule has 1 aromatic carbocycles. The van der Waals surface area contributed by atoms with Gasteiger partial charge >= 0.3 is 0 Å². The second kappa shape index (κ2) is 3.66. The molecule has 0 radical (unpaired) electrons. The summed E-state index contributed by atoms with van der Waals surface area (Å²) in [6, 6.07) is 7.99. The molecule has 0 N–H and O–H groups in total. The molecule has 0 fully saturated rings. The van der Waals surface area contributed by atoms with Gasteiger partial charge in [-0.2, -0.15) is 4.98 Å². The summed E-state index contributed by atoms with van der Waals surface area (Å²) in [5.41, 5.74) is 2.97. The third kappa shape index (κ3) is 1.58. The first kappa shape index (κ1) is 9.96. The average Bonchev–Trinajstić information content (AvgIpc) is 2.77. The maximum Gasteiger partial charge on any atom is 0.260 e. The van der Waals surface area contributed by atoms with E-state index in [-0.39, 0.29) is 0 Å². The highest BCUT2D eigenvalue weighted by Gasteiger charge is 2.12. The number of pyridine rings is 1. The number of hydrogen-bond acceptors (Lipinski definition) is 4. The fourth-order valence-electron chi connectivity index (χ4n) is 1.89. The van der Waals surface area contributed by atoms with Crippen molar-refractivity contribution in [3.8, 4) is 11.5 Å². The molecule has 2 heterocycles. The van der Waals surface area contributed by atoms with E-state index in [0.717, 1.165) is 16.5 Å². The van der Waals surface area contributed by atoms with Crippen LogP contribution in [0.5, 0.6) is 0 Å². The van der Waals surface area contributed by atoms with Crippen LogP contribution in [0, 0.1) is 13.8 Å². The van der Waals surface area contributed by atoms with Crippen LogP contribution in [0.15, 0.2) is 35.0 Å². The zero-order chi connectivity index (χ0) is 11.8. The molecule has 0 unspecified atom stereocenters. The molecule has 84 valence electrons. The quantitative estimate of drug-likeness (QED) is 0.639. The van der Waals surface area contributed by atoms with Crippen molar-refractivity contribution in [3.05, 3.63) is 41.9 Å². The minimum Gasteiger partial charge on any atom is -0.334 e. The monoisotopic (exact) mass is 225 g/mol. The first-order valence-electron chi connectivity index (χ1n) is 5.41. The number of aryl methyl sites for hydroxylation is 2. The van der Waals surface area contributed by atoms with Crippen LogP contribution in [-0.2, 0) is 0 Å². The molecule has 0 amide bonds. The molecule has 0 aliphatic heterocycles. The van der Waals surface area contributed by atoms with Crippen LogP contribution in [0.4, 0.5) is 0 Å². The van der Waals surface area contributed by atoms with E-state index in [1.54, 1.807) is 13.1 Å². The Hall–Kier alpha value is -2.23. The van der Waals surface area contributed by atoms with Crippen LogP contribution in [-0.4, -0.2) is 15.1 Å². The Morgan fingerprint density at radius 1 is 1.12 bits per heavy atom. The number of nitrogens with zero attached hydrogens (tertiary/aromatic N) is 3. The number of hydrogen-bond donors (Lipinski definition) is 0. The third-order valence-corrected chi connectivity index (χ3v) is 2.75. The van der Waals surface area contributed by atoms with Gasteiger partial charge in [0.25, 0.3) is 5.89 Å². The van der Waals surface area contributed by atoms with Crippen LogP contribution in [0.1, 0.15) is 11.4 Å². The molecule has 0 saturated heterocycles. The van der Waals surface area contributed by atoms with Gasteiger partial charge in [-0.05, 0) is 31.5 Å². The van der Waals surface area contributed by atoms with Crippen molar-refractivity contribution < 1.29 is 4.52 Å². The highest BCUT2D eigenvalue weighted by Crippen LogP contribution is 2.27. The molecule has 3 rings (SSSR count). The Morgan fingerprint density at radius 3 is 2.76 bits per heavy atom. The number of benzene rings is 1. The Kier molecular flexibility index (Phi) is 2.14. The van der Waals surface area contributed by atoms with Crippen LogP contribution < -0.4 is 0 Å². The minimum atomic E-state index is 0.520. The standard InChI is InChI=1S/C13H11N3O/c1-8-5-6-11(13-15-9(2)16-17-13)12-10(8)4-3-7-14-12/h3-7H,1-2H3. The summed E-state index contributed by atoms with van der Waals surface area (Å²) in [5, 5.41) is 4.92.